The first kappa shape index (κ1) is 13.7. The van der Waals surface area contributed by atoms with Gasteiger partial charge in [0.2, 0.25) is 0 Å². The van der Waals surface area contributed by atoms with E-state index in [1.165, 1.54) is 10.5 Å². The highest BCUT2D eigenvalue weighted by atomic mass is 32.2. The van der Waals surface area contributed by atoms with E-state index in [9.17, 15) is 4.39 Å². The number of hydrogen-bond acceptors (Lipinski definition) is 2. The average molecular weight is 287 g/mol. The van der Waals surface area contributed by atoms with E-state index in [0.717, 1.165) is 30.7 Å². The summed E-state index contributed by atoms with van der Waals surface area (Å²) in [4.78, 5) is 1.22. The molecule has 1 nitrogen and oxygen atoms in total. The SMILES string of the molecule is Fc1ccc2c(c1)C(NCCc1ccccc1)CCS2. The molecular formula is C17H18FNS. The second-order valence-corrected chi connectivity index (χ2v) is 6.20. The van der Waals surface area contributed by atoms with Crippen LogP contribution in [0.4, 0.5) is 4.39 Å². The van der Waals surface area contributed by atoms with Crippen LogP contribution in [0.25, 0.3) is 0 Å². The molecule has 1 unspecified atom stereocenters. The van der Waals surface area contributed by atoms with Gasteiger partial charge in [-0.25, -0.2) is 4.39 Å². The Bertz CT molecular complexity index is 570. The maximum absolute atomic E-state index is 13.4. The molecule has 2 aromatic carbocycles. The van der Waals surface area contributed by atoms with Crippen molar-refractivity contribution in [3.05, 3.63) is 65.5 Å². The van der Waals surface area contributed by atoms with E-state index >= 15 is 0 Å². The van der Waals surface area contributed by atoms with Crippen LogP contribution in [0.2, 0.25) is 0 Å². The second kappa shape index (κ2) is 6.42. The summed E-state index contributed by atoms with van der Waals surface area (Å²) in [5.41, 5.74) is 2.46. The predicted octanol–water partition coefficient (Wildman–Crippen LogP) is 4.19. The molecule has 0 aliphatic carbocycles. The highest BCUT2D eigenvalue weighted by molar-refractivity contribution is 7.99. The fourth-order valence-corrected chi connectivity index (χ4v) is 3.72. The lowest BCUT2D eigenvalue weighted by atomic mass is 10.0. The van der Waals surface area contributed by atoms with Crippen molar-refractivity contribution in [2.45, 2.75) is 23.8 Å². The first-order valence-electron chi connectivity index (χ1n) is 7.02. The molecule has 20 heavy (non-hydrogen) atoms. The van der Waals surface area contributed by atoms with Crippen molar-refractivity contribution < 1.29 is 4.39 Å². The third-order valence-electron chi connectivity index (χ3n) is 3.66. The van der Waals surface area contributed by atoms with Crippen LogP contribution in [0.15, 0.2) is 53.4 Å². The normalized spacial score (nSPS) is 17.8. The van der Waals surface area contributed by atoms with Crippen molar-refractivity contribution in [1.29, 1.82) is 0 Å². The maximum atomic E-state index is 13.4. The quantitative estimate of drug-likeness (QED) is 0.904. The molecule has 0 spiro atoms. The van der Waals surface area contributed by atoms with Gasteiger partial charge in [-0.1, -0.05) is 30.3 Å². The summed E-state index contributed by atoms with van der Waals surface area (Å²) in [5, 5.41) is 3.57. The standard InChI is InChI=1S/C17H18FNS/c18-14-6-7-17-15(12-14)16(9-11-20-17)19-10-8-13-4-2-1-3-5-13/h1-7,12,16,19H,8-11H2. The number of halogens is 1. The highest BCUT2D eigenvalue weighted by Gasteiger charge is 2.20. The van der Waals surface area contributed by atoms with Crippen molar-refractivity contribution in [2.24, 2.45) is 0 Å². The Labute approximate surface area is 123 Å². The fourth-order valence-electron chi connectivity index (χ4n) is 2.61. The molecule has 104 valence electrons. The Balaban J connectivity index is 1.63. The van der Waals surface area contributed by atoms with Crippen molar-refractivity contribution >= 4 is 11.8 Å². The van der Waals surface area contributed by atoms with Crippen molar-refractivity contribution in [3.8, 4) is 0 Å². The summed E-state index contributed by atoms with van der Waals surface area (Å²) in [6, 6.07) is 15.9. The first-order valence-corrected chi connectivity index (χ1v) is 8.01. The largest absolute Gasteiger partial charge is 0.310 e. The molecule has 0 radical (unpaired) electrons. The van der Waals surface area contributed by atoms with Crippen molar-refractivity contribution in [1.82, 2.24) is 5.32 Å². The van der Waals surface area contributed by atoms with E-state index in [1.807, 2.05) is 23.9 Å². The van der Waals surface area contributed by atoms with Crippen molar-refractivity contribution in [3.63, 3.8) is 0 Å². The van der Waals surface area contributed by atoms with Crippen LogP contribution >= 0.6 is 11.8 Å². The molecule has 0 amide bonds. The molecule has 1 aliphatic rings. The molecule has 1 N–H and O–H groups in total. The van der Waals surface area contributed by atoms with E-state index < -0.39 is 0 Å². The van der Waals surface area contributed by atoms with Gasteiger partial charge in [0, 0.05) is 10.9 Å². The van der Waals surface area contributed by atoms with E-state index in [-0.39, 0.29) is 11.9 Å². The fraction of sp³-hybridized carbons (Fsp3) is 0.294. The molecule has 0 aromatic heterocycles. The van der Waals surface area contributed by atoms with Gasteiger partial charge in [0.1, 0.15) is 5.82 Å². The van der Waals surface area contributed by atoms with Gasteiger partial charge in [-0.2, -0.15) is 0 Å². The number of benzene rings is 2. The summed E-state index contributed by atoms with van der Waals surface area (Å²) >= 11 is 1.82. The second-order valence-electron chi connectivity index (χ2n) is 5.06. The molecule has 0 saturated heterocycles. The predicted molar refractivity (Wildman–Crippen MR) is 82.6 cm³/mol. The van der Waals surface area contributed by atoms with Crippen LogP contribution in [-0.2, 0) is 6.42 Å². The Hall–Kier alpha value is -1.32. The molecular weight excluding hydrogens is 269 g/mol. The molecule has 1 aliphatic heterocycles. The van der Waals surface area contributed by atoms with Gasteiger partial charge >= 0.3 is 0 Å². The van der Waals surface area contributed by atoms with Gasteiger partial charge in [-0.05, 0) is 54.5 Å². The number of thioether (sulfide) groups is 1. The van der Waals surface area contributed by atoms with Gasteiger partial charge in [0.25, 0.3) is 0 Å². The molecule has 3 rings (SSSR count). The van der Waals surface area contributed by atoms with Gasteiger partial charge in [0.05, 0.1) is 0 Å². The monoisotopic (exact) mass is 287 g/mol. The summed E-state index contributed by atoms with van der Waals surface area (Å²) in [5.74, 6) is 0.961. The van der Waals surface area contributed by atoms with Gasteiger partial charge in [-0.3, -0.25) is 0 Å². The summed E-state index contributed by atoms with van der Waals surface area (Å²) in [7, 11) is 0. The zero-order valence-electron chi connectivity index (χ0n) is 11.3. The summed E-state index contributed by atoms with van der Waals surface area (Å²) < 4.78 is 13.4. The van der Waals surface area contributed by atoms with Crippen LogP contribution in [0.1, 0.15) is 23.6 Å². The van der Waals surface area contributed by atoms with Crippen LogP contribution in [-0.4, -0.2) is 12.3 Å². The lowest BCUT2D eigenvalue weighted by molar-refractivity contribution is 0.508. The Morgan fingerprint density at radius 3 is 2.85 bits per heavy atom. The minimum absolute atomic E-state index is 0.138. The molecule has 0 saturated carbocycles. The first-order chi connectivity index (χ1) is 9.83. The van der Waals surface area contributed by atoms with Gasteiger partial charge < -0.3 is 5.32 Å². The molecule has 1 heterocycles. The molecule has 3 heteroatoms. The molecule has 1 atom stereocenters. The van der Waals surface area contributed by atoms with E-state index in [4.69, 9.17) is 0 Å². The minimum Gasteiger partial charge on any atom is -0.310 e. The van der Waals surface area contributed by atoms with Crippen molar-refractivity contribution in [2.75, 3.05) is 12.3 Å². The number of nitrogens with one attached hydrogen (secondary N) is 1. The highest BCUT2D eigenvalue weighted by Crippen LogP contribution is 2.36. The average Bonchev–Trinajstić information content (AvgIpc) is 2.49. The smallest absolute Gasteiger partial charge is 0.123 e. The number of rotatable bonds is 4. The molecule has 0 fully saturated rings. The van der Waals surface area contributed by atoms with Crippen LogP contribution < -0.4 is 5.32 Å². The zero-order valence-corrected chi connectivity index (χ0v) is 12.1. The van der Waals surface area contributed by atoms with Crippen LogP contribution in [0.5, 0.6) is 0 Å². The number of fused-ring (bicyclic) bond motifs is 1. The third-order valence-corrected chi connectivity index (χ3v) is 4.78. The molecule has 0 bridgehead atoms. The van der Waals surface area contributed by atoms with Crippen LogP contribution in [0, 0.1) is 5.82 Å². The zero-order chi connectivity index (χ0) is 13.8. The number of hydrogen-bond donors (Lipinski definition) is 1. The topological polar surface area (TPSA) is 12.0 Å². The third kappa shape index (κ3) is 3.22. The molecule has 2 aromatic rings. The Kier molecular flexibility index (Phi) is 4.38. The lowest BCUT2D eigenvalue weighted by Crippen LogP contribution is -2.26. The van der Waals surface area contributed by atoms with Gasteiger partial charge in [0.15, 0.2) is 0 Å². The lowest BCUT2D eigenvalue weighted by Gasteiger charge is -2.26. The van der Waals surface area contributed by atoms with E-state index in [2.05, 4.69) is 29.6 Å². The maximum Gasteiger partial charge on any atom is 0.123 e. The Morgan fingerprint density at radius 2 is 2.00 bits per heavy atom. The minimum atomic E-state index is -0.138. The van der Waals surface area contributed by atoms with Crippen LogP contribution in [0.3, 0.4) is 0 Å². The summed E-state index contributed by atoms with van der Waals surface area (Å²) in [6.45, 7) is 0.926. The van der Waals surface area contributed by atoms with E-state index in [0.29, 0.717) is 0 Å². The van der Waals surface area contributed by atoms with E-state index in [1.54, 1.807) is 12.1 Å². The summed E-state index contributed by atoms with van der Waals surface area (Å²) in [6.07, 6.45) is 2.07. The van der Waals surface area contributed by atoms with Gasteiger partial charge in [-0.15, -0.1) is 11.8 Å². The Morgan fingerprint density at radius 1 is 1.15 bits per heavy atom.